The molecule has 2 rings (SSSR count). The molecule has 0 amide bonds. The minimum Gasteiger partial charge on any atom is -0.413 e. The quantitative estimate of drug-likeness (QED) is 0.0725. The summed E-state index contributed by atoms with van der Waals surface area (Å²) in [5, 5.41) is 14.7. The van der Waals surface area contributed by atoms with Gasteiger partial charge in [0.2, 0.25) is 0 Å². The maximum atomic E-state index is 14.0. The number of carbonyl (C=O) groups excluding carboxylic acids is 1. The molecular formula is C40H73NO5SSi2. The first kappa shape index (κ1) is 44.2. The molecule has 0 bridgehead atoms. The van der Waals surface area contributed by atoms with Gasteiger partial charge in [0.1, 0.15) is 5.78 Å². The normalized spacial score (nSPS) is 22.4. The van der Waals surface area contributed by atoms with Gasteiger partial charge < -0.3 is 18.7 Å². The molecule has 1 aromatic heterocycles. The fourth-order valence-corrected chi connectivity index (χ4v) is 11.8. The zero-order chi connectivity index (χ0) is 37.6. The Balaban J connectivity index is 2.05. The van der Waals surface area contributed by atoms with Gasteiger partial charge in [0.15, 0.2) is 16.6 Å². The maximum absolute atomic E-state index is 14.0. The summed E-state index contributed by atoms with van der Waals surface area (Å²) in [5.41, 5.74) is 1.29. The van der Waals surface area contributed by atoms with Gasteiger partial charge in [0.05, 0.1) is 40.7 Å². The lowest BCUT2D eigenvalue weighted by atomic mass is 9.73. The highest BCUT2D eigenvalue weighted by atomic mass is 32.1. The second-order valence-corrected chi connectivity index (χ2v) is 27.9. The molecule has 9 heteroatoms. The van der Waals surface area contributed by atoms with Gasteiger partial charge in [0.25, 0.3) is 0 Å². The van der Waals surface area contributed by atoms with Gasteiger partial charge in [-0.05, 0) is 93.9 Å². The highest BCUT2D eigenvalue weighted by Gasteiger charge is 2.53. The van der Waals surface area contributed by atoms with Crippen molar-refractivity contribution in [2.24, 2.45) is 17.3 Å². The summed E-state index contributed by atoms with van der Waals surface area (Å²) >= 11 is 1.68. The molecule has 2 heterocycles. The summed E-state index contributed by atoms with van der Waals surface area (Å²) in [6.07, 6.45) is 7.34. The number of hydrogen-bond acceptors (Lipinski definition) is 7. The molecule has 1 N–H and O–H groups in total. The summed E-state index contributed by atoms with van der Waals surface area (Å²) in [7, 11) is -3.96. The topological polar surface area (TPSA) is 81.2 Å². The van der Waals surface area contributed by atoms with Gasteiger partial charge >= 0.3 is 0 Å². The number of thiazole rings is 1. The van der Waals surface area contributed by atoms with Crippen LogP contribution < -0.4 is 0 Å². The SMILES string of the molecule is C=CC[C@H](O[Si](C)(C)C(C)(C)C)C(C)(C)C(=O)[C@H](C)[C@@H](O)[C@@H](C)CCC[C@@]1(C)O[C@H]1C[C@H](O[Si](CC)(CC)CC)/C(C)=C/c1csc(C)n1. The number of aliphatic hydroxyl groups is 1. The summed E-state index contributed by atoms with van der Waals surface area (Å²) in [5.74, 6) is -0.443. The second-order valence-electron chi connectivity index (χ2n) is 17.3. The zero-order valence-corrected chi connectivity index (χ0v) is 36.8. The average Bonchev–Trinajstić information content (AvgIpc) is 3.47. The molecule has 0 spiro atoms. The minimum absolute atomic E-state index is 0.0113. The van der Waals surface area contributed by atoms with Crippen LogP contribution >= 0.6 is 11.3 Å². The van der Waals surface area contributed by atoms with E-state index in [1.807, 2.05) is 33.8 Å². The number of aliphatic hydroxyl groups excluding tert-OH is 1. The van der Waals surface area contributed by atoms with E-state index in [4.69, 9.17) is 13.6 Å². The summed E-state index contributed by atoms with van der Waals surface area (Å²) in [6, 6.07) is 3.33. The summed E-state index contributed by atoms with van der Waals surface area (Å²) < 4.78 is 20.3. The van der Waals surface area contributed by atoms with Gasteiger partial charge in [-0.1, -0.05) is 81.7 Å². The van der Waals surface area contributed by atoms with Gasteiger partial charge in [-0.2, -0.15) is 0 Å². The summed E-state index contributed by atoms with van der Waals surface area (Å²) in [6.45, 7) is 36.3. The Bertz CT molecular complexity index is 1240. The van der Waals surface area contributed by atoms with Crippen LogP contribution in [0.5, 0.6) is 0 Å². The molecule has 1 aromatic rings. The molecule has 1 saturated heterocycles. The maximum Gasteiger partial charge on any atom is 0.192 e. The van der Waals surface area contributed by atoms with Crippen LogP contribution in [0.15, 0.2) is 23.6 Å². The van der Waals surface area contributed by atoms with Crippen molar-refractivity contribution in [3.05, 3.63) is 34.3 Å². The molecule has 0 radical (unpaired) electrons. The third-order valence-corrected chi connectivity index (χ3v) is 22.1. The Morgan fingerprint density at radius 2 is 1.73 bits per heavy atom. The average molecular weight is 736 g/mol. The highest BCUT2D eigenvalue weighted by molar-refractivity contribution is 7.09. The fourth-order valence-electron chi connectivity index (χ4n) is 6.92. The lowest BCUT2D eigenvalue weighted by Crippen LogP contribution is -2.52. The monoisotopic (exact) mass is 735 g/mol. The molecule has 49 heavy (non-hydrogen) atoms. The minimum atomic E-state index is -2.12. The van der Waals surface area contributed by atoms with Crippen molar-refractivity contribution in [1.82, 2.24) is 4.98 Å². The molecule has 0 unspecified atom stereocenters. The smallest absolute Gasteiger partial charge is 0.192 e. The molecule has 1 aliphatic rings. The number of ketones is 1. The number of aromatic nitrogens is 1. The van der Waals surface area contributed by atoms with Crippen molar-refractivity contribution in [2.75, 3.05) is 0 Å². The number of carbonyl (C=O) groups is 1. The van der Waals surface area contributed by atoms with E-state index in [9.17, 15) is 9.90 Å². The van der Waals surface area contributed by atoms with E-state index in [1.54, 1.807) is 11.3 Å². The van der Waals surface area contributed by atoms with Crippen molar-refractivity contribution in [2.45, 2.75) is 188 Å². The fraction of sp³-hybridized carbons (Fsp3) is 0.800. The van der Waals surface area contributed by atoms with Crippen LogP contribution in [-0.4, -0.2) is 62.5 Å². The Kier molecular flexibility index (Phi) is 16.0. The van der Waals surface area contributed by atoms with Gasteiger partial charge in [-0.3, -0.25) is 4.79 Å². The Morgan fingerprint density at radius 1 is 1.14 bits per heavy atom. The second kappa shape index (κ2) is 17.7. The molecule has 0 aliphatic carbocycles. The molecule has 7 atom stereocenters. The zero-order valence-electron chi connectivity index (χ0n) is 34.0. The van der Waals surface area contributed by atoms with Crippen LogP contribution in [0.3, 0.4) is 0 Å². The number of nitrogens with zero attached hydrogens (tertiary/aromatic N) is 1. The van der Waals surface area contributed by atoms with Crippen molar-refractivity contribution in [3.63, 3.8) is 0 Å². The van der Waals surface area contributed by atoms with Crippen LogP contribution in [0, 0.1) is 24.2 Å². The predicted molar refractivity (Wildman–Crippen MR) is 214 cm³/mol. The van der Waals surface area contributed by atoms with E-state index >= 15 is 0 Å². The number of rotatable bonds is 22. The molecule has 282 valence electrons. The van der Waals surface area contributed by atoms with Crippen LogP contribution in [0.25, 0.3) is 6.08 Å². The van der Waals surface area contributed by atoms with Gasteiger partial charge in [0, 0.05) is 23.1 Å². The molecule has 0 aromatic carbocycles. The predicted octanol–water partition coefficient (Wildman–Crippen LogP) is 11.2. The first-order valence-electron chi connectivity index (χ1n) is 19.0. The van der Waals surface area contributed by atoms with Crippen molar-refractivity contribution in [1.29, 1.82) is 0 Å². The van der Waals surface area contributed by atoms with Crippen LogP contribution in [0.4, 0.5) is 0 Å². The van der Waals surface area contributed by atoms with Crippen LogP contribution in [0.2, 0.25) is 36.3 Å². The lowest BCUT2D eigenvalue weighted by molar-refractivity contribution is -0.140. The van der Waals surface area contributed by atoms with Crippen molar-refractivity contribution < 1.29 is 23.5 Å². The Hall–Kier alpha value is -0.946. The van der Waals surface area contributed by atoms with E-state index in [0.29, 0.717) is 6.42 Å². The Labute approximate surface area is 307 Å². The molecule has 1 fully saturated rings. The third-order valence-electron chi connectivity index (χ3n) is 12.2. The standard InChI is InChI=1S/C40H73NO5SSi2/c1-17-22-34(46-48(15,16)38(9,10)11)39(12,13)37(43)30(7)36(42)28(5)23-21-24-40(14)35(44-40)26-33(45-49(18-2,19-3)20-4)29(6)25-32-27-47-31(8)41-32/h17,25,27-28,30,33-36,42H,1,18-24,26H2,2-16H3/b29-25+/t28-,30+,33-,34-,35-,36-,40+/m0/s1. The van der Waals surface area contributed by atoms with E-state index in [1.165, 1.54) is 5.57 Å². The van der Waals surface area contributed by atoms with Crippen LogP contribution in [0.1, 0.15) is 126 Å². The number of aryl methyl sites for hydroxylation is 1. The number of Topliss-reactive ketones (excluding diaryl/α,β-unsaturated/α-hetero) is 1. The van der Waals surface area contributed by atoms with E-state index in [0.717, 1.165) is 54.5 Å². The molecule has 0 saturated carbocycles. The third kappa shape index (κ3) is 11.5. The van der Waals surface area contributed by atoms with E-state index in [2.05, 4.69) is 98.4 Å². The first-order valence-corrected chi connectivity index (χ1v) is 25.3. The number of epoxide rings is 1. The Morgan fingerprint density at radius 3 is 2.22 bits per heavy atom. The molecule has 1 aliphatic heterocycles. The lowest BCUT2D eigenvalue weighted by Gasteiger charge is -2.44. The summed E-state index contributed by atoms with van der Waals surface area (Å²) in [4.78, 5) is 18.7. The van der Waals surface area contributed by atoms with E-state index < -0.39 is 34.1 Å². The largest absolute Gasteiger partial charge is 0.413 e. The van der Waals surface area contributed by atoms with Crippen LogP contribution in [-0.2, 0) is 18.4 Å². The number of hydrogen-bond donors (Lipinski definition) is 1. The van der Waals surface area contributed by atoms with Crippen molar-refractivity contribution >= 4 is 39.8 Å². The van der Waals surface area contributed by atoms with Gasteiger partial charge in [-0.15, -0.1) is 17.9 Å². The first-order chi connectivity index (χ1) is 22.5. The molecular weight excluding hydrogens is 663 g/mol. The van der Waals surface area contributed by atoms with Crippen molar-refractivity contribution in [3.8, 4) is 0 Å². The molecule has 6 nitrogen and oxygen atoms in total. The number of ether oxygens (including phenoxy) is 1. The van der Waals surface area contributed by atoms with E-state index in [-0.39, 0.29) is 40.7 Å². The highest BCUT2D eigenvalue weighted by Crippen LogP contribution is 2.46. The van der Waals surface area contributed by atoms with Gasteiger partial charge in [-0.25, -0.2) is 4.98 Å².